The third kappa shape index (κ3) is 3.78. The summed E-state index contributed by atoms with van der Waals surface area (Å²) in [6.45, 7) is 2.44. The van der Waals surface area contributed by atoms with Gasteiger partial charge < -0.3 is 14.7 Å². The molecule has 1 aliphatic rings. The second-order valence-electron chi connectivity index (χ2n) is 4.47. The summed E-state index contributed by atoms with van der Waals surface area (Å²) in [6, 6.07) is 6.66. The molecule has 21 heavy (non-hydrogen) atoms. The maximum absolute atomic E-state index is 12.1. The third-order valence-corrected chi connectivity index (χ3v) is 4.09. The van der Waals surface area contributed by atoms with Crippen LogP contribution in [0.25, 0.3) is 6.08 Å². The second-order valence-corrected chi connectivity index (χ2v) is 5.47. The summed E-state index contributed by atoms with van der Waals surface area (Å²) in [5, 5.41) is 9.08. The summed E-state index contributed by atoms with van der Waals surface area (Å²) < 4.78 is 5.48. The van der Waals surface area contributed by atoms with Crippen molar-refractivity contribution >= 4 is 29.7 Å². The van der Waals surface area contributed by atoms with E-state index in [2.05, 4.69) is 0 Å². The monoisotopic (exact) mass is 307 g/mol. The van der Waals surface area contributed by atoms with Gasteiger partial charge >= 0.3 is 5.97 Å². The quantitative estimate of drug-likeness (QED) is 0.844. The predicted molar refractivity (Wildman–Crippen MR) is 82.2 cm³/mol. The number of aliphatic carboxylic acids is 1. The predicted octanol–water partition coefficient (Wildman–Crippen LogP) is 2.08. The Labute approximate surface area is 127 Å². The molecule has 1 heterocycles. The second kappa shape index (κ2) is 7.17. The number of hydrogen-bond donors (Lipinski definition) is 1. The minimum atomic E-state index is -0.962. The van der Waals surface area contributed by atoms with Gasteiger partial charge in [0.1, 0.15) is 11.8 Å². The van der Waals surface area contributed by atoms with Crippen LogP contribution in [-0.2, 0) is 9.59 Å². The number of carbonyl (C=O) groups excluding carboxylic acids is 1. The number of thioether (sulfide) groups is 1. The van der Waals surface area contributed by atoms with Gasteiger partial charge in [-0.15, -0.1) is 11.8 Å². The zero-order chi connectivity index (χ0) is 15.2. The molecule has 0 aromatic heterocycles. The highest BCUT2D eigenvalue weighted by Gasteiger charge is 2.33. The van der Waals surface area contributed by atoms with Crippen LogP contribution in [0, 0.1) is 0 Å². The van der Waals surface area contributed by atoms with E-state index in [9.17, 15) is 9.59 Å². The smallest absolute Gasteiger partial charge is 0.327 e. The largest absolute Gasteiger partial charge is 0.493 e. The number of rotatable bonds is 5. The molecular formula is C15H17NO4S. The van der Waals surface area contributed by atoms with E-state index in [1.165, 1.54) is 22.7 Å². The number of carboxylic acids is 1. The van der Waals surface area contributed by atoms with Crippen LogP contribution in [0.3, 0.4) is 0 Å². The number of hydrogen-bond acceptors (Lipinski definition) is 4. The summed E-state index contributed by atoms with van der Waals surface area (Å²) in [5.41, 5.74) is 0.798. The SMILES string of the molecule is CCOc1ccccc1/C=C/C(=O)N1CSCC1C(=O)O. The number of amides is 1. The molecule has 1 aromatic rings. The van der Waals surface area contributed by atoms with Crippen LogP contribution in [-0.4, -0.2) is 46.2 Å². The molecule has 6 heteroatoms. The van der Waals surface area contributed by atoms with Gasteiger partial charge in [-0.2, -0.15) is 0 Å². The highest BCUT2D eigenvalue weighted by molar-refractivity contribution is 7.99. The fraction of sp³-hybridized carbons (Fsp3) is 0.333. The molecule has 5 nitrogen and oxygen atoms in total. The summed E-state index contributed by atoms with van der Waals surface area (Å²) in [5.74, 6) is 0.294. The molecule has 0 bridgehead atoms. The van der Waals surface area contributed by atoms with Crippen molar-refractivity contribution in [1.29, 1.82) is 0 Å². The molecular weight excluding hydrogens is 290 g/mol. The van der Waals surface area contributed by atoms with Crippen LogP contribution in [0.5, 0.6) is 5.75 Å². The first-order chi connectivity index (χ1) is 10.1. The molecule has 2 rings (SSSR count). The van der Waals surface area contributed by atoms with Gasteiger partial charge in [0.25, 0.3) is 0 Å². The summed E-state index contributed by atoms with van der Waals surface area (Å²) in [7, 11) is 0. The lowest BCUT2D eigenvalue weighted by Crippen LogP contribution is -2.40. The minimum absolute atomic E-state index is 0.293. The highest BCUT2D eigenvalue weighted by Crippen LogP contribution is 2.23. The Morgan fingerprint density at radius 1 is 1.48 bits per heavy atom. The van der Waals surface area contributed by atoms with Gasteiger partial charge in [-0.1, -0.05) is 18.2 Å². The maximum atomic E-state index is 12.1. The van der Waals surface area contributed by atoms with E-state index in [1.807, 2.05) is 31.2 Å². The Morgan fingerprint density at radius 3 is 2.95 bits per heavy atom. The standard InChI is InChI=1S/C15H17NO4S/c1-2-20-13-6-4-3-5-11(13)7-8-14(17)16-10-21-9-12(16)15(18)19/h3-8,12H,2,9-10H2,1H3,(H,18,19)/b8-7+. The van der Waals surface area contributed by atoms with Crippen LogP contribution in [0.4, 0.5) is 0 Å². The fourth-order valence-electron chi connectivity index (χ4n) is 2.03. The van der Waals surface area contributed by atoms with E-state index in [0.29, 0.717) is 24.0 Å². The molecule has 1 atom stereocenters. The Hall–Kier alpha value is -1.95. The summed E-state index contributed by atoms with van der Waals surface area (Å²) >= 11 is 1.45. The first-order valence-corrected chi connectivity index (χ1v) is 7.80. The fourth-order valence-corrected chi connectivity index (χ4v) is 3.18. The molecule has 1 aromatic carbocycles. The van der Waals surface area contributed by atoms with Gasteiger partial charge in [0, 0.05) is 17.4 Å². The van der Waals surface area contributed by atoms with Crippen LogP contribution < -0.4 is 4.74 Å². The average molecular weight is 307 g/mol. The molecule has 1 unspecified atom stereocenters. The van der Waals surface area contributed by atoms with E-state index in [0.717, 1.165) is 5.56 Å². The van der Waals surface area contributed by atoms with Gasteiger partial charge in [0.05, 0.1) is 12.5 Å². The first kappa shape index (κ1) is 15.4. The summed E-state index contributed by atoms with van der Waals surface area (Å²) in [6.07, 6.45) is 3.06. The van der Waals surface area contributed by atoms with Gasteiger partial charge in [-0.05, 0) is 19.1 Å². The number of carboxylic acid groups (broad SMARTS) is 1. The highest BCUT2D eigenvalue weighted by atomic mass is 32.2. The normalized spacial score (nSPS) is 18.1. The minimum Gasteiger partial charge on any atom is -0.493 e. The molecule has 1 fully saturated rings. The molecule has 0 spiro atoms. The number of ether oxygens (including phenoxy) is 1. The van der Waals surface area contributed by atoms with Crippen molar-refractivity contribution < 1.29 is 19.4 Å². The molecule has 0 saturated carbocycles. The summed E-state index contributed by atoms with van der Waals surface area (Å²) in [4.78, 5) is 24.6. The molecule has 1 aliphatic heterocycles. The van der Waals surface area contributed by atoms with Crippen LogP contribution >= 0.6 is 11.8 Å². The lowest BCUT2D eigenvalue weighted by atomic mass is 10.2. The number of nitrogens with zero attached hydrogens (tertiary/aromatic N) is 1. The first-order valence-electron chi connectivity index (χ1n) is 6.64. The van der Waals surface area contributed by atoms with Crippen LogP contribution in [0.2, 0.25) is 0 Å². The molecule has 1 amide bonds. The van der Waals surface area contributed by atoms with E-state index < -0.39 is 12.0 Å². The Morgan fingerprint density at radius 2 is 2.24 bits per heavy atom. The van der Waals surface area contributed by atoms with Gasteiger partial charge in [0.15, 0.2) is 0 Å². The third-order valence-electron chi connectivity index (χ3n) is 3.07. The number of carbonyl (C=O) groups is 2. The lowest BCUT2D eigenvalue weighted by molar-refractivity contribution is -0.146. The van der Waals surface area contributed by atoms with Crippen molar-refractivity contribution in [2.24, 2.45) is 0 Å². The maximum Gasteiger partial charge on any atom is 0.327 e. The Kier molecular flexibility index (Phi) is 5.27. The van der Waals surface area contributed by atoms with Crippen molar-refractivity contribution in [3.05, 3.63) is 35.9 Å². The van der Waals surface area contributed by atoms with E-state index in [1.54, 1.807) is 6.08 Å². The molecule has 1 N–H and O–H groups in total. The molecule has 0 radical (unpaired) electrons. The number of benzene rings is 1. The topological polar surface area (TPSA) is 66.8 Å². The van der Waals surface area contributed by atoms with Crippen molar-refractivity contribution in [3.8, 4) is 5.75 Å². The van der Waals surface area contributed by atoms with Crippen LogP contribution in [0.1, 0.15) is 12.5 Å². The zero-order valence-corrected chi connectivity index (χ0v) is 12.5. The molecule has 112 valence electrons. The molecule has 0 aliphatic carbocycles. The van der Waals surface area contributed by atoms with Crippen LogP contribution in [0.15, 0.2) is 30.3 Å². The Balaban J connectivity index is 2.10. The molecule has 1 saturated heterocycles. The zero-order valence-electron chi connectivity index (χ0n) is 11.7. The van der Waals surface area contributed by atoms with Crippen molar-refractivity contribution in [3.63, 3.8) is 0 Å². The van der Waals surface area contributed by atoms with Crippen molar-refractivity contribution in [2.45, 2.75) is 13.0 Å². The van der Waals surface area contributed by atoms with Gasteiger partial charge in [0.2, 0.25) is 5.91 Å². The van der Waals surface area contributed by atoms with Crippen molar-refractivity contribution in [1.82, 2.24) is 4.90 Å². The van der Waals surface area contributed by atoms with E-state index in [4.69, 9.17) is 9.84 Å². The van der Waals surface area contributed by atoms with Crippen molar-refractivity contribution in [2.75, 3.05) is 18.2 Å². The number of para-hydroxylation sites is 1. The van der Waals surface area contributed by atoms with E-state index in [-0.39, 0.29) is 5.91 Å². The van der Waals surface area contributed by atoms with Gasteiger partial charge in [-0.25, -0.2) is 4.79 Å². The average Bonchev–Trinajstić information content (AvgIpc) is 2.96. The lowest BCUT2D eigenvalue weighted by Gasteiger charge is -2.18. The van der Waals surface area contributed by atoms with Gasteiger partial charge in [-0.3, -0.25) is 4.79 Å². The van der Waals surface area contributed by atoms with E-state index >= 15 is 0 Å². The Bertz CT molecular complexity index is 558.